The van der Waals surface area contributed by atoms with E-state index in [0.29, 0.717) is 17.1 Å². The number of aromatic nitrogens is 1. The number of hydrogen-bond donors (Lipinski definition) is 3. The minimum atomic E-state index is -0.148. The summed E-state index contributed by atoms with van der Waals surface area (Å²) >= 11 is 6.86. The van der Waals surface area contributed by atoms with Gasteiger partial charge in [-0.25, -0.2) is 4.98 Å². The molecule has 0 radical (unpaired) electrons. The summed E-state index contributed by atoms with van der Waals surface area (Å²) in [6.07, 6.45) is 5.10. The summed E-state index contributed by atoms with van der Waals surface area (Å²) in [7, 11) is 0. The molecule has 0 spiro atoms. The molecule has 9 heteroatoms. The maximum atomic E-state index is 12.1. The molecule has 7 nitrogen and oxygen atoms in total. The molecule has 3 rings (SSSR count). The monoisotopic (exact) mass is 397 g/mol. The van der Waals surface area contributed by atoms with E-state index >= 15 is 0 Å². The number of amides is 1. The SMILES string of the molecule is C[C@H]1CCCC[C@@H]1NC(=S)NNC(=O)Cc1csc(N2CCOCC2)n1. The number of hydrogen-bond acceptors (Lipinski definition) is 6. The Bertz CT molecular complexity index is 618. The fourth-order valence-electron chi connectivity index (χ4n) is 3.35. The molecule has 1 aliphatic heterocycles. The van der Waals surface area contributed by atoms with Crippen molar-refractivity contribution in [3.63, 3.8) is 0 Å². The minimum Gasteiger partial charge on any atom is -0.378 e. The third kappa shape index (κ3) is 5.52. The molecular weight excluding hydrogens is 370 g/mol. The van der Waals surface area contributed by atoms with Gasteiger partial charge in [0.1, 0.15) is 0 Å². The molecule has 26 heavy (non-hydrogen) atoms. The number of rotatable bonds is 4. The predicted octanol–water partition coefficient (Wildman–Crippen LogP) is 1.60. The first-order valence-electron chi connectivity index (χ1n) is 9.24. The normalized spacial score (nSPS) is 23.3. The van der Waals surface area contributed by atoms with Crippen LogP contribution in [0.25, 0.3) is 0 Å². The molecule has 2 atom stereocenters. The highest BCUT2D eigenvalue weighted by Crippen LogP contribution is 2.23. The first kappa shape index (κ1) is 19.3. The van der Waals surface area contributed by atoms with Gasteiger partial charge in [0.25, 0.3) is 0 Å². The van der Waals surface area contributed by atoms with E-state index in [1.807, 2.05) is 5.38 Å². The van der Waals surface area contributed by atoms with Crippen LogP contribution >= 0.6 is 23.6 Å². The highest BCUT2D eigenvalue weighted by atomic mass is 32.1. The van der Waals surface area contributed by atoms with Gasteiger partial charge in [-0.2, -0.15) is 0 Å². The van der Waals surface area contributed by atoms with Crippen molar-refractivity contribution in [2.24, 2.45) is 5.92 Å². The second kappa shape index (κ2) is 9.48. The Morgan fingerprint density at radius 1 is 1.35 bits per heavy atom. The highest BCUT2D eigenvalue weighted by Gasteiger charge is 2.22. The third-order valence-corrected chi connectivity index (χ3v) is 6.08. The summed E-state index contributed by atoms with van der Waals surface area (Å²) < 4.78 is 5.35. The number of ether oxygens (including phenoxy) is 1. The fraction of sp³-hybridized carbons (Fsp3) is 0.706. The summed E-state index contributed by atoms with van der Waals surface area (Å²) in [6.45, 7) is 5.39. The number of hydrazine groups is 1. The van der Waals surface area contributed by atoms with Gasteiger partial charge in [-0.1, -0.05) is 19.8 Å². The molecular formula is C17H27N5O2S2. The van der Waals surface area contributed by atoms with Crippen LogP contribution in [0.2, 0.25) is 0 Å². The quantitative estimate of drug-likeness (QED) is 0.526. The van der Waals surface area contributed by atoms with E-state index in [1.54, 1.807) is 11.3 Å². The molecule has 1 saturated carbocycles. The Kier molecular flexibility index (Phi) is 7.04. The van der Waals surface area contributed by atoms with Gasteiger partial charge in [0.2, 0.25) is 5.91 Å². The molecule has 0 unspecified atom stereocenters. The van der Waals surface area contributed by atoms with Crippen LogP contribution in [0.3, 0.4) is 0 Å². The molecule has 0 bridgehead atoms. The van der Waals surface area contributed by atoms with Crippen molar-refractivity contribution in [1.29, 1.82) is 0 Å². The van der Waals surface area contributed by atoms with Crippen molar-refractivity contribution in [2.45, 2.75) is 45.1 Å². The topological polar surface area (TPSA) is 78.5 Å². The van der Waals surface area contributed by atoms with Crippen LogP contribution in [0.1, 0.15) is 38.3 Å². The molecule has 1 saturated heterocycles. The summed E-state index contributed by atoms with van der Waals surface area (Å²) in [5.74, 6) is 0.456. The Labute approximate surface area is 163 Å². The van der Waals surface area contributed by atoms with E-state index in [1.165, 1.54) is 19.3 Å². The fourth-order valence-corrected chi connectivity index (χ4v) is 4.43. The summed E-state index contributed by atoms with van der Waals surface area (Å²) in [5, 5.41) is 6.67. The Balaban J connectivity index is 1.39. The number of thiazole rings is 1. The maximum absolute atomic E-state index is 12.1. The number of carbonyl (C=O) groups is 1. The Hall–Kier alpha value is -1.45. The zero-order valence-corrected chi connectivity index (χ0v) is 16.8. The smallest absolute Gasteiger partial charge is 0.244 e. The van der Waals surface area contributed by atoms with Gasteiger partial charge in [0.05, 0.1) is 25.3 Å². The van der Waals surface area contributed by atoms with Gasteiger partial charge in [-0.15, -0.1) is 11.3 Å². The van der Waals surface area contributed by atoms with Crippen LogP contribution in [0.15, 0.2) is 5.38 Å². The van der Waals surface area contributed by atoms with Crippen LogP contribution in [-0.4, -0.2) is 48.3 Å². The Morgan fingerprint density at radius 3 is 2.88 bits per heavy atom. The van der Waals surface area contributed by atoms with Crippen molar-refractivity contribution in [3.05, 3.63) is 11.1 Å². The second-order valence-electron chi connectivity index (χ2n) is 6.91. The van der Waals surface area contributed by atoms with Gasteiger partial charge >= 0.3 is 0 Å². The van der Waals surface area contributed by atoms with E-state index in [9.17, 15) is 4.79 Å². The number of nitrogens with zero attached hydrogens (tertiary/aromatic N) is 2. The van der Waals surface area contributed by atoms with E-state index in [2.05, 4.69) is 33.0 Å². The Morgan fingerprint density at radius 2 is 2.12 bits per heavy atom. The van der Waals surface area contributed by atoms with Gasteiger partial charge < -0.3 is 15.0 Å². The molecule has 0 aromatic carbocycles. The summed E-state index contributed by atoms with van der Waals surface area (Å²) in [6, 6.07) is 0.385. The van der Waals surface area contributed by atoms with Crippen molar-refractivity contribution in [1.82, 2.24) is 21.2 Å². The number of carbonyl (C=O) groups excluding carboxylic acids is 1. The van der Waals surface area contributed by atoms with Crippen LogP contribution < -0.4 is 21.1 Å². The number of morpholine rings is 1. The molecule has 1 amide bonds. The van der Waals surface area contributed by atoms with Gasteiger partial charge in [0, 0.05) is 24.5 Å². The van der Waals surface area contributed by atoms with Crippen molar-refractivity contribution in [3.8, 4) is 0 Å². The second-order valence-corrected chi connectivity index (χ2v) is 8.16. The van der Waals surface area contributed by atoms with Crippen LogP contribution in [0.4, 0.5) is 5.13 Å². The average molecular weight is 398 g/mol. The summed E-state index contributed by atoms with van der Waals surface area (Å²) in [5.41, 5.74) is 6.25. The van der Waals surface area contributed by atoms with Crippen LogP contribution in [-0.2, 0) is 16.0 Å². The minimum absolute atomic E-state index is 0.148. The molecule has 1 aliphatic carbocycles. The first-order valence-corrected chi connectivity index (χ1v) is 10.5. The van der Waals surface area contributed by atoms with Gasteiger partial charge in [-0.05, 0) is 31.0 Å². The first-order chi connectivity index (χ1) is 12.6. The number of anilines is 1. The summed E-state index contributed by atoms with van der Waals surface area (Å²) in [4.78, 5) is 18.9. The standard InChI is InChI=1S/C17H27N5O2S2/c1-12-4-2-3-5-14(12)19-16(25)21-20-15(23)10-13-11-26-17(18-13)22-6-8-24-9-7-22/h11-12,14H,2-10H2,1H3,(H,20,23)(H2,19,21,25)/t12-,14-/m0/s1. The van der Waals surface area contributed by atoms with E-state index in [4.69, 9.17) is 17.0 Å². The molecule has 144 valence electrons. The molecule has 2 aliphatic rings. The van der Waals surface area contributed by atoms with Crippen molar-refractivity contribution >= 4 is 39.7 Å². The van der Waals surface area contributed by atoms with Crippen molar-refractivity contribution < 1.29 is 9.53 Å². The predicted molar refractivity (Wildman–Crippen MR) is 107 cm³/mol. The van der Waals surface area contributed by atoms with Crippen LogP contribution in [0.5, 0.6) is 0 Å². The zero-order valence-electron chi connectivity index (χ0n) is 15.1. The van der Waals surface area contributed by atoms with E-state index < -0.39 is 0 Å². The van der Waals surface area contributed by atoms with E-state index in [0.717, 1.165) is 43.5 Å². The van der Waals surface area contributed by atoms with Crippen molar-refractivity contribution in [2.75, 3.05) is 31.2 Å². The van der Waals surface area contributed by atoms with Crippen LogP contribution in [0, 0.1) is 5.92 Å². The maximum Gasteiger partial charge on any atom is 0.244 e. The van der Waals surface area contributed by atoms with Gasteiger partial charge in [0.15, 0.2) is 10.2 Å². The van der Waals surface area contributed by atoms with E-state index in [-0.39, 0.29) is 12.3 Å². The molecule has 1 aromatic rings. The molecule has 3 N–H and O–H groups in total. The highest BCUT2D eigenvalue weighted by molar-refractivity contribution is 7.80. The third-order valence-electron chi connectivity index (χ3n) is 4.91. The molecule has 2 heterocycles. The zero-order chi connectivity index (χ0) is 18.4. The largest absolute Gasteiger partial charge is 0.378 e. The lowest BCUT2D eigenvalue weighted by atomic mass is 9.86. The number of thiocarbonyl (C=S) groups is 1. The number of nitrogens with one attached hydrogen (secondary N) is 3. The molecule has 1 aromatic heterocycles. The molecule has 2 fully saturated rings. The lowest BCUT2D eigenvalue weighted by molar-refractivity contribution is -0.121. The lowest BCUT2D eigenvalue weighted by Gasteiger charge is -2.30. The lowest BCUT2D eigenvalue weighted by Crippen LogP contribution is -2.51. The average Bonchev–Trinajstić information content (AvgIpc) is 3.11. The van der Waals surface area contributed by atoms with Gasteiger partial charge in [-0.3, -0.25) is 15.6 Å².